The van der Waals surface area contributed by atoms with Gasteiger partial charge in [-0.3, -0.25) is 4.79 Å². The van der Waals surface area contributed by atoms with Crippen LogP contribution < -0.4 is 0 Å². The lowest BCUT2D eigenvalue weighted by Crippen LogP contribution is -2.29. The summed E-state index contributed by atoms with van der Waals surface area (Å²) in [7, 11) is -1.84. The van der Waals surface area contributed by atoms with Gasteiger partial charge in [-0.25, -0.2) is 8.42 Å². The van der Waals surface area contributed by atoms with Crippen LogP contribution in [0.3, 0.4) is 0 Å². The van der Waals surface area contributed by atoms with Gasteiger partial charge in [0.25, 0.3) is 5.91 Å². The third-order valence-corrected chi connectivity index (χ3v) is 7.58. The first-order valence-electron chi connectivity index (χ1n) is 9.80. The molecule has 1 saturated carbocycles. The van der Waals surface area contributed by atoms with E-state index in [0.29, 0.717) is 37.0 Å². The quantitative estimate of drug-likeness (QED) is 0.742. The molecule has 0 unspecified atom stereocenters. The topological polar surface area (TPSA) is 70.8 Å². The molecule has 1 aliphatic carbocycles. The van der Waals surface area contributed by atoms with Gasteiger partial charge in [-0.05, 0) is 55.5 Å². The molecule has 1 aromatic heterocycles. The van der Waals surface area contributed by atoms with Crippen LogP contribution in [0.15, 0.2) is 45.7 Å². The highest BCUT2D eigenvalue weighted by atomic mass is 32.2. The summed E-state index contributed by atoms with van der Waals surface area (Å²) in [4.78, 5) is 14.6. The lowest BCUT2D eigenvalue weighted by molar-refractivity contribution is 0.0774. The molecule has 1 aromatic carbocycles. The van der Waals surface area contributed by atoms with Crippen LogP contribution >= 0.6 is 0 Å². The average molecular weight is 403 g/mol. The maximum atomic E-state index is 12.8. The predicted molar refractivity (Wildman–Crippen MR) is 105 cm³/mol. The van der Waals surface area contributed by atoms with Crippen molar-refractivity contribution in [3.8, 4) is 0 Å². The first kappa shape index (κ1) is 19.2. The minimum absolute atomic E-state index is 0.177. The third-order valence-electron chi connectivity index (χ3n) is 5.68. The smallest absolute Gasteiger partial charge is 0.254 e. The molecule has 0 N–H and O–H groups in total. The van der Waals surface area contributed by atoms with Crippen molar-refractivity contribution in [1.29, 1.82) is 0 Å². The van der Waals surface area contributed by atoms with Crippen LogP contribution in [0.2, 0.25) is 0 Å². The predicted octanol–water partition coefficient (Wildman–Crippen LogP) is 3.46. The van der Waals surface area contributed by atoms with Gasteiger partial charge in [0.15, 0.2) is 0 Å². The van der Waals surface area contributed by atoms with Crippen LogP contribution in [-0.2, 0) is 16.6 Å². The molecule has 2 atom stereocenters. The lowest BCUT2D eigenvalue weighted by Gasteiger charge is -2.18. The molecule has 0 spiro atoms. The van der Waals surface area contributed by atoms with Crippen LogP contribution in [-0.4, -0.2) is 43.7 Å². The van der Waals surface area contributed by atoms with Gasteiger partial charge < -0.3 is 9.32 Å². The summed E-state index contributed by atoms with van der Waals surface area (Å²) in [6, 6.07) is 10.2. The highest BCUT2D eigenvalue weighted by Crippen LogP contribution is 2.47. The normalized spacial score (nSPS) is 22.4. The molecule has 6 nitrogen and oxygen atoms in total. The number of sulfonamides is 1. The van der Waals surface area contributed by atoms with Gasteiger partial charge in [-0.1, -0.05) is 13.0 Å². The number of hydrogen-bond acceptors (Lipinski definition) is 4. The van der Waals surface area contributed by atoms with E-state index in [1.54, 1.807) is 30.1 Å². The maximum Gasteiger partial charge on any atom is 0.254 e. The van der Waals surface area contributed by atoms with E-state index in [-0.39, 0.29) is 10.8 Å². The molecule has 1 amide bonds. The molecule has 0 bridgehead atoms. The summed E-state index contributed by atoms with van der Waals surface area (Å²) < 4.78 is 32.9. The molecule has 28 heavy (non-hydrogen) atoms. The Hall–Kier alpha value is -2.12. The zero-order valence-corrected chi connectivity index (χ0v) is 17.1. The van der Waals surface area contributed by atoms with Crippen LogP contribution in [0.1, 0.15) is 54.0 Å². The molecule has 1 aliphatic heterocycles. The number of rotatable bonds is 6. The van der Waals surface area contributed by atoms with E-state index in [4.69, 9.17) is 4.42 Å². The number of amides is 1. The van der Waals surface area contributed by atoms with Crippen LogP contribution in [0.5, 0.6) is 0 Å². The van der Waals surface area contributed by atoms with Gasteiger partial charge in [0.2, 0.25) is 10.0 Å². The summed E-state index contributed by atoms with van der Waals surface area (Å²) >= 11 is 0. The van der Waals surface area contributed by atoms with Crippen LogP contribution in [0.4, 0.5) is 0 Å². The van der Waals surface area contributed by atoms with Crippen LogP contribution in [0.25, 0.3) is 0 Å². The monoisotopic (exact) mass is 402 g/mol. The molecule has 7 heteroatoms. The van der Waals surface area contributed by atoms with Crippen molar-refractivity contribution < 1.29 is 17.6 Å². The summed E-state index contributed by atoms with van der Waals surface area (Å²) in [5.74, 6) is 2.67. The van der Waals surface area contributed by atoms with E-state index in [9.17, 15) is 13.2 Å². The fraction of sp³-hybridized carbons (Fsp3) is 0.476. The Morgan fingerprint density at radius 1 is 1.21 bits per heavy atom. The second kappa shape index (κ2) is 7.37. The molecule has 2 fully saturated rings. The van der Waals surface area contributed by atoms with Gasteiger partial charge in [0, 0.05) is 31.6 Å². The molecule has 2 aliphatic rings. The Labute approximate surface area is 166 Å². The minimum Gasteiger partial charge on any atom is -0.464 e. The summed E-state index contributed by atoms with van der Waals surface area (Å²) in [5.41, 5.74) is 0.366. The Kier molecular flexibility index (Phi) is 5.05. The van der Waals surface area contributed by atoms with Gasteiger partial charge in [-0.2, -0.15) is 4.31 Å². The van der Waals surface area contributed by atoms with E-state index in [2.05, 4.69) is 6.92 Å². The minimum atomic E-state index is -3.54. The van der Waals surface area contributed by atoms with Crippen molar-refractivity contribution in [2.75, 3.05) is 20.1 Å². The van der Waals surface area contributed by atoms with Crippen molar-refractivity contribution in [3.63, 3.8) is 0 Å². The van der Waals surface area contributed by atoms with Crippen molar-refractivity contribution in [2.45, 2.75) is 43.5 Å². The standard InChI is InChI=1S/C21H26N2O4S/c1-15-12-19(15)20-9-8-17(27-20)14-22(2)21(24)16-6-5-7-18(13-16)28(25,26)23-10-3-4-11-23/h5-9,13,15,19H,3-4,10-12,14H2,1-2H3/t15-,19+/m1/s1. The SMILES string of the molecule is C[C@@H]1C[C@@H]1c1ccc(CN(C)C(=O)c2cccc(S(=O)(=O)N3CCCC3)c2)o1. The molecular weight excluding hydrogens is 376 g/mol. The molecular formula is C21H26N2O4S. The Morgan fingerprint density at radius 3 is 2.61 bits per heavy atom. The first-order valence-corrected chi connectivity index (χ1v) is 11.2. The summed E-state index contributed by atoms with van der Waals surface area (Å²) in [6.45, 7) is 3.64. The number of furan rings is 1. The molecule has 0 radical (unpaired) electrons. The van der Waals surface area contributed by atoms with Crippen molar-refractivity contribution in [3.05, 3.63) is 53.5 Å². The maximum absolute atomic E-state index is 12.8. The summed E-state index contributed by atoms with van der Waals surface area (Å²) in [6.07, 6.45) is 2.91. The van der Waals surface area contributed by atoms with E-state index in [1.165, 1.54) is 10.4 Å². The number of hydrogen-bond donors (Lipinski definition) is 0. The highest BCUT2D eigenvalue weighted by Gasteiger charge is 2.36. The van der Waals surface area contributed by atoms with Gasteiger partial charge in [-0.15, -0.1) is 0 Å². The van der Waals surface area contributed by atoms with Gasteiger partial charge >= 0.3 is 0 Å². The Bertz CT molecular complexity index is 976. The number of carbonyl (C=O) groups is 1. The Morgan fingerprint density at radius 2 is 1.93 bits per heavy atom. The zero-order valence-electron chi connectivity index (χ0n) is 16.3. The molecule has 1 saturated heterocycles. The van der Waals surface area contributed by atoms with E-state index >= 15 is 0 Å². The zero-order chi connectivity index (χ0) is 19.9. The highest BCUT2D eigenvalue weighted by molar-refractivity contribution is 7.89. The van der Waals surface area contributed by atoms with E-state index in [0.717, 1.165) is 30.8 Å². The lowest BCUT2D eigenvalue weighted by atomic mass is 10.2. The van der Waals surface area contributed by atoms with Crippen molar-refractivity contribution in [1.82, 2.24) is 9.21 Å². The Balaban J connectivity index is 1.47. The number of benzene rings is 1. The number of nitrogens with zero attached hydrogens (tertiary/aromatic N) is 2. The molecule has 4 rings (SSSR count). The van der Waals surface area contributed by atoms with Crippen molar-refractivity contribution >= 4 is 15.9 Å². The second-order valence-electron chi connectivity index (χ2n) is 7.92. The number of carbonyl (C=O) groups excluding carboxylic acids is 1. The fourth-order valence-electron chi connectivity index (χ4n) is 3.79. The van der Waals surface area contributed by atoms with Crippen LogP contribution in [0, 0.1) is 5.92 Å². The average Bonchev–Trinajstić information content (AvgIpc) is 3.11. The molecule has 150 valence electrons. The largest absolute Gasteiger partial charge is 0.464 e. The van der Waals surface area contributed by atoms with Gasteiger partial charge in [0.1, 0.15) is 11.5 Å². The van der Waals surface area contributed by atoms with E-state index < -0.39 is 10.0 Å². The van der Waals surface area contributed by atoms with E-state index in [1.807, 2.05) is 12.1 Å². The second-order valence-corrected chi connectivity index (χ2v) is 9.86. The molecule has 2 aromatic rings. The first-order chi connectivity index (χ1) is 13.4. The van der Waals surface area contributed by atoms with Crippen molar-refractivity contribution in [2.24, 2.45) is 5.92 Å². The van der Waals surface area contributed by atoms with Gasteiger partial charge in [0.05, 0.1) is 11.4 Å². The molecule has 2 heterocycles. The summed E-state index contributed by atoms with van der Waals surface area (Å²) in [5, 5.41) is 0. The fourth-order valence-corrected chi connectivity index (χ4v) is 5.35. The third kappa shape index (κ3) is 3.73.